The molecule has 2 nitrogen and oxygen atoms in total. The summed E-state index contributed by atoms with van der Waals surface area (Å²) in [4.78, 5) is 4.67. The minimum absolute atomic E-state index is 0.476. The first-order valence-electron chi connectivity index (χ1n) is 7.86. The average Bonchev–Trinajstić information content (AvgIpc) is 3.02. The monoisotopic (exact) mass is 322 g/mol. The molecule has 0 amide bonds. The highest BCUT2D eigenvalue weighted by molar-refractivity contribution is 7.22. The second-order valence-electron chi connectivity index (χ2n) is 6.79. The molecule has 2 aromatic rings. The van der Waals surface area contributed by atoms with Crippen molar-refractivity contribution in [1.82, 2.24) is 4.98 Å². The number of benzene rings is 1. The van der Waals surface area contributed by atoms with Crippen molar-refractivity contribution in [2.24, 2.45) is 11.3 Å². The van der Waals surface area contributed by atoms with Crippen molar-refractivity contribution in [3.63, 3.8) is 0 Å². The number of aromatic nitrogens is 1. The molecule has 3 rings (SSSR count). The smallest absolute Gasteiger partial charge is 0.183 e. The number of nitrogens with zero attached hydrogens (tertiary/aromatic N) is 1. The first-order valence-corrected chi connectivity index (χ1v) is 9.06. The van der Waals surface area contributed by atoms with Crippen molar-refractivity contribution in [2.75, 3.05) is 11.9 Å². The van der Waals surface area contributed by atoms with E-state index in [9.17, 15) is 0 Å². The zero-order valence-corrected chi connectivity index (χ0v) is 14.4. The number of hydrogen-bond acceptors (Lipinski definition) is 3. The normalized spacial score (nSPS) is 17.7. The lowest BCUT2D eigenvalue weighted by Gasteiger charge is -2.31. The highest BCUT2D eigenvalue weighted by Gasteiger charge is 2.34. The Labute approximate surface area is 135 Å². The Morgan fingerprint density at radius 1 is 1.33 bits per heavy atom. The van der Waals surface area contributed by atoms with Gasteiger partial charge in [-0.05, 0) is 48.8 Å². The van der Waals surface area contributed by atoms with Gasteiger partial charge in [-0.1, -0.05) is 49.6 Å². The SMILES string of the molecule is CC(C)CC1(CNc2nc3ccc(Cl)cc3s2)CCCC1. The lowest BCUT2D eigenvalue weighted by molar-refractivity contribution is 0.252. The molecule has 1 aliphatic carbocycles. The van der Waals surface area contributed by atoms with E-state index in [1.54, 1.807) is 11.3 Å². The van der Waals surface area contributed by atoms with Crippen molar-refractivity contribution in [1.29, 1.82) is 0 Å². The van der Waals surface area contributed by atoms with Crippen LogP contribution in [0.15, 0.2) is 18.2 Å². The van der Waals surface area contributed by atoms with Crippen molar-refractivity contribution in [2.45, 2.75) is 46.0 Å². The van der Waals surface area contributed by atoms with Crippen LogP contribution in [0.5, 0.6) is 0 Å². The van der Waals surface area contributed by atoms with Crippen LogP contribution in [0.2, 0.25) is 5.02 Å². The summed E-state index contributed by atoms with van der Waals surface area (Å²) >= 11 is 7.75. The number of thiazole rings is 1. The third-order valence-electron chi connectivity index (χ3n) is 4.47. The molecule has 1 saturated carbocycles. The van der Waals surface area contributed by atoms with Gasteiger partial charge in [0.2, 0.25) is 0 Å². The number of rotatable bonds is 5. The molecule has 4 heteroatoms. The van der Waals surface area contributed by atoms with Crippen molar-refractivity contribution in [3.05, 3.63) is 23.2 Å². The number of nitrogens with one attached hydrogen (secondary N) is 1. The molecule has 1 aliphatic rings. The summed E-state index contributed by atoms with van der Waals surface area (Å²) < 4.78 is 1.16. The predicted octanol–water partition coefficient (Wildman–Crippen LogP) is 5.97. The second kappa shape index (κ2) is 6.13. The Bertz CT molecular complexity index is 614. The van der Waals surface area contributed by atoms with Crippen molar-refractivity contribution >= 4 is 38.3 Å². The summed E-state index contributed by atoms with van der Waals surface area (Å²) in [6.07, 6.45) is 6.79. The summed E-state index contributed by atoms with van der Waals surface area (Å²) in [6.45, 7) is 5.72. The predicted molar refractivity (Wildman–Crippen MR) is 93.5 cm³/mol. The standard InChI is InChI=1S/C17H23ClN2S/c1-12(2)10-17(7-3-4-8-17)11-19-16-20-14-6-5-13(18)9-15(14)21-16/h5-6,9,12H,3-4,7-8,10-11H2,1-2H3,(H,19,20). The van der Waals surface area contributed by atoms with Crippen LogP contribution in [-0.4, -0.2) is 11.5 Å². The van der Waals surface area contributed by atoms with E-state index in [4.69, 9.17) is 11.6 Å². The van der Waals surface area contributed by atoms with Gasteiger partial charge in [0.15, 0.2) is 5.13 Å². The molecule has 1 fully saturated rings. The van der Waals surface area contributed by atoms with Gasteiger partial charge in [-0.3, -0.25) is 0 Å². The maximum Gasteiger partial charge on any atom is 0.183 e. The molecule has 1 N–H and O–H groups in total. The third-order valence-corrected chi connectivity index (χ3v) is 5.68. The Morgan fingerprint density at radius 2 is 2.10 bits per heavy atom. The first-order chi connectivity index (χ1) is 10.1. The molecular formula is C17H23ClN2S. The van der Waals surface area contributed by atoms with Gasteiger partial charge in [0, 0.05) is 11.6 Å². The van der Waals surface area contributed by atoms with E-state index in [1.807, 2.05) is 18.2 Å². The van der Waals surface area contributed by atoms with E-state index >= 15 is 0 Å². The molecule has 21 heavy (non-hydrogen) atoms. The third kappa shape index (κ3) is 3.51. The van der Waals surface area contributed by atoms with Gasteiger partial charge in [0.1, 0.15) is 0 Å². The van der Waals surface area contributed by atoms with Crippen LogP contribution < -0.4 is 5.32 Å². The minimum Gasteiger partial charge on any atom is -0.361 e. The summed E-state index contributed by atoms with van der Waals surface area (Å²) in [7, 11) is 0. The van der Waals surface area contributed by atoms with Gasteiger partial charge >= 0.3 is 0 Å². The van der Waals surface area contributed by atoms with E-state index < -0.39 is 0 Å². The van der Waals surface area contributed by atoms with E-state index in [1.165, 1.54) is 32.1 Å². The zero-order valence-electron chi connectivity index (χ0n) is 12.8. The molecule has 0 aliphatic heterocycles. The van der Waals surface area contributed by atoms with Gasteiger partial charge in [-0.2, -0.15) is 0 Å². The van der Waals surface area contributed by atoms with E-state index in [-0.39, 0.29) is 0 Å². The van der Waals surface area contributed by atoms with Crippen molar-refractivity contribution < 1.29 is 0 Å². The summed E-state index contributed by atoms with van der Waals surface area (Å²) in [5, 5.41) is 5.42. The number of anilines is 1. The molecular weight excluding hydrogens is 300 g/mol. The Balaban J connectivity index is 1.72. The Morgan fingerprint density at radius 3 is 2.81 bits per heavy atom. The molecule has 0 saturated heterocycles. The number of halogens is 1. The molecule has 1 aromatic carbocycles. The van der Waals surface area contributed by atoms with Gasteiger partial charge in [0.05, 0.1) is 10.2 Å². The number of hydrogen-bond donors (Lipinski definition) is 1. The summed E-state index contributed by atoms with van der Waals surface area (Å²) in [6, 6.07) is 5.91. The van der Waals surface area contributed by atoms with Crippen LogP contribution in [0.25, 0.3) is 10.2 Å². The average molecular weight is 323 g/mol. The molecule has 0 unspecified atom stereocenters. The summed E-state index contributed by atoms with van der Waals surface area (Å²) in [5.41, 5.74) is 1.51. The molecule has 0 atom stereocenters. The highest BCUT2D eigenvalue weighted by Crippen LogP contribution is 2.43. The van der Waals surface area contributed by atoms with E-state index in [2.05, 4.69) is 24.1 Å². The van der Waals surface area contributed by atoms with Crippen molar-refractivity contribution in [3.8, 4) is 0 Å². The number of fused-ring (bicyclic) bond motifs is 1. The second-order valence-corrected chi connectivity index (χ2v) is 8.26. The largest absolute Gasteiger partial charge is 0.361 e. The fourth-order valence-electron chi connectivity index (χ4n) is 3.68. The maximum absolute atomic E-state index is 6.05. The molecule has 0 radical (unpaired) electrons. The van der Waals surface area contributed by atoms with Crippen LogP contribution in [0.3, 0.4) is 0 Å². The van der Waals surface area contributed by atoms with Gasteiger partial charge < -0.3 is 5.32 Å². The molecule has 1 heterocycles. The van der Waals surface area contributed by atoms with Gasteiger partial charge in [-0.15, -0.1) is 0 Å². The molecule has 1 aromatic heterocycles. The first kappa shape index (κ1) is 15.1. The topological polar surface area (TPSA) is 24.9 Å². The fourth-order valence-corrected chi connectivity index (χ4v) is 4.82. The van der Waals surface area contributed by atoms with Crippen LogP contribution in [0, 0.1) is 11.3 Å². The van der Waals surface area contributed by atoms with Crippen LogP contribution in [0.4, 0.5) is 5.13 Å². The lowest BCUT2D eigenvalue weighted by atomic mass is 9.78. The quantitative estimate of drug-likeness (QED) is 0.733. The van der Waals surface area contributed by atoms with Crippen LogP contribution in [0.1, 0.15) is 46.0 Å². The van der Waals surface area contributed by atoms with E-state index in [0.717, 1.165) is 32.8 Å². The van der Waals surface area contributed by atoms with Gasteiger partial charge in [-0.25, -0.2) is 4.98 Å². The molecule has 114 valence electrons. The lowest BCUT2D eigenvalue weighted by Crippen LogP contribution is -2.28. The Hall–Kier alpha value is -0.800. The van der Waals surface area contributed by atoms with Gasteiger partial charge in [0.25, 0.3) is 0 Å². The summed E-state index contributed by atoms with van der Waals surface area (Å²) in [5.74, 6) is 0.763. The van der Waals surface area contributed by atoms with E-state index in [0.29, 0.717) is 5.41 Å². The Kier molecular flexibility index (Phi) is 4.41. The minimum atomic E-state index is 0.476. The zero-order chi connectivity index (χ0) is 14.9. The van der Waals surface area contributed by atoms with Crippen LogP contribution >= 0.6 is 22.9 Å². The maximum atomic E-state index is 6.05. The fraction of sp³-hybridized carbons (Fsp3) is 0.588. The van der Waals surface area contributed by atoms with Crippen LogP contribution in [-0.2, 0) is 0 Å². The highest BCUT2D eigenvalue weighted by atomic mass is 35.5. The molecule has 0 spiro atoms. The molecule has 0 bridgehead atoms.